The third-order valence-corrected chi connectivity index (χ3v) is 11.5. The number of phosphoric acid groups is 1. The lowest BCUT2D eigenvalue weighted by atomic mass is 10.1. The van der Waals surface area contributed by atoms with E-state index in [1.165, 1.54) is 135 Å². The molecule has 0 rings (SSSR count). The van der Waals surface area contributed by atoms with E-state index in [1.54, 1.807) is 0 Å². The monoisotopic (exact) mass is 882 g/mol. The van der Waals surface area contributed by atoms with E-state index in [-0.39, 0.29) is 13.0 Å². The molecule has 0 saturated carbocycles. The van der Waals surface area contributed by atoms with Crippen LogP contribution in [-0.4, -0.2) is 60.5 Å². The van der Waals surface area contributed by atoms with Crippen molar-refractivity contribution in [2.24, 2.45) is 5.73 Å². The topological polar surface area (TPSA) is 155 Å². The second-order valence-corrected chi connectivity index (χ2v) is 18.0. The number of aliphatic carboxylic acids is 1. The van der Waals surface area contributed by atoms with Gasteiger partial charge in [0, 0.05) is 13.0 Å². The standard InChI is InChI=1S/C50H92NO9P/c1-3-5-7-9-11-13-15-17-19-21-23-25-27-29-31-33-35-37-39-41-43-57-44-47(45-58-61(55,56)59-46-48(51)50(53)54)60-49(52)42-40-38-36-34-32-30-28-26-24-22-20-18-16-14-12-10-8-6-4-2/h11,13,17-20,23,25,47-48H,3-10,12,14-16,21-22,24,26-46,51H2,1-2H3,(H,53,54)(H,55,56)/b13-11-,19-17-,20-18-,25-23-. The third kappa shape index (κ3) is 45.8. The zero-order chi connectivity index (χ0) is 44.8. The van der Waals surface area contributed by atoms with Crippen LogP contribution in [0.5, 0.6) is 0 Å². The molecule has 11 heteroatoms. The Bertz CT molecular complexity index is 1160. The summed E-state index contributed by atoms with van der Waals surface area (Å²) in [7, 11) is -4.62. The fourth-order valence-electron chi connectivity index (χ4n) is 6.72. The van der Waals surface area contributed by atoms with E-state index in [4.69, 9.17) is 29.4 Å². The van der Waals surface area contributed by atoms with Crippen molar-refractivity contribution in [2.45, 2.75) is 231 Å². The molecule has 0 amide bonds. The quantitative estimate of drug-likeness (QED) is 0.0233. The number of rotatable bonds is 47. The Kier molecular flexibility index (Phi) is 44.4. The van der Waals surface area contributed by atoms with Crippen LogP contribution in [-0.2, 0) is 32.7 Å². The normalized spacial score (nSPS) is 14.2. The van der Waals surface area contributed by atoms with Crippen LogP contribution in [0.25, 0.3) is 0 Å². The van der Waals surface area contributed by atoms with E-state index in [2.05, 4.69) is 62.5 Å². The van der Waals surface area contributed by atoms with Crippen LogP contribution in [0.3, 0.4) is 0 Å². The van der Waals surface area contributed by atoms with E-state index < -0.39 is 45.1 Å². The van der Waals surface area contributed by atoms with Crippen molar-refractivity contribution in [1.29, 1.82) is 0 Å². The number of allylic oxidation sites excluding steroid dienone is 8. The van der Waals surface area contributed by atoms with Gasteiger partial charge in [0.1, 0.15) is 12.1 Å². The summed E-state index contributed by atoms with van der Waals surface area (Å²) >= 11 is 0. The average Bonchev–Trinajstić information content (AvgIpc) is 3.24. The number of carbonyl (C=O) groups is 2. The van der Waals surface area contributed by atoms with Gasteiger partial charge in [-0.2, -0.15) is 0 Å². The van der Waals surface area contributed by atoms with E-state index in [9.17, 15) is 19.0 Å². The Morgan fingerprint density at radius 1 is 0.525 bits per heavy atom. The summed E-state index contributed by atoms with van der Waals surface area (Å²) in [6.07, 6.45) is 54.4. The Morgan fingerprint density at radius 2 is 0.902 bits per heavy atom. The zero-order valence-electron chi connectivity index (χ0n) is 39.0. The summed E-state index contributed by atoms with van der Waals surface area (Å²) in [5.41, 5.74) is 5.37. The van der Waals surface area contributed by atoms with Crippen molar-refractivity contribution in [2.75, 3.05) is 26.4 Å². The highest BCUT2D eigenvalue weighted by molar-refractivity contribution is 7.47. The van der Waals surface area contributed by atoms with Gasteiger partial charge >= 0.3 is 19.8 Å². The molecule has 0 aliphatic carbocycles. The number of hydrogen-bond donors (Lipinski definition) is 3. The first kappa shape index (κ1) is 58.9. The molecule has 0 spiro atoms. The highest BCUT2D eigenvalue weighted by Gasteiger charge is 2.27. The van der Waals surface area contributed by atoms with Gasteiger partial charge in [0.2, 0.25) is 0 Å². The van der Waals surface area contributed by atoms with Crippen molar-refractivity contribution in [3.63, 3.8) is 0 Å². The molecule has 3 atom stereocenters. The smallest absolute Gasteiger partial charge is 0.472 e. The first-order chi connectivity index (χ1) is 29.7. The summed E-state index contributed by atoms with van der Waals surface area (Å²) < 4.78 is 33.5. The van der Waals surface area contributed by atoms with Gasteiger partial charge in [0.25, 0.3) is 0 Å². The molecule has 3 unspecified atom stereocenters. The molecule has 0 aromatic carbocycles. The lowest BCUT2D eigenvalue weighted by Gasteiger charge is -2.20. The highest BCUT2D eigenvalue weighted by atomic mass is 31.2. The van der Waals surface area contributed by atoms with Gasteiger partial charge < -0.3 is 25.2 Å². The summed E-state index contributed by atoms with van der Waals surface area (Å²) in [5.74, 6) is -1.78. The molecule has 0 aliphatic rings. The highest BCUT2D eigenvalue weighted by Crippen LogP contribution is 2.43. The molecule has 0 aliphatic heterocycles. The summed E-state index contributed by atoms with van der Waals surface area (Å²) in [5, 5.41) is 8.92. The second kappa shape index (κ2) is 45.9. The molecule has 0 bridgehead atoms. The minimum Gasteiger partial charge on any atom is -0.480 e. The van der Waals surface area contributed by atoms with Crippen LogP contribution in [0.1, 0.15) is 219 Å². The first-order valence-corrected chi connectivity index (χ1v) is 26.2. The van der Waals surface area contributed by atoms with Crippen molar-refractivity contribution >= 4 is 19.8 Å². The molecule has 0 heterocycles. The van der Waals surface area contributed by atoms with Crippen molar-refractivity contribution in [3.8, 4) is 0 Å². The number of hydrogen-bond acceptors (Lipinski definition) is 8. The number of carbonyl (C=O) groups excluding carboxylic acids is 1. The average molecular weight is 882 g/mol. The predicted octanol–water partition coefficient (Wildman–Crippen LogP) is 14.2. The number of phosphoric ester groups is 1. The lowest BCUT2D eigenvalue weighted by Crippen LogP contribution is -2.34. The summed E-state index contributed by atoms with van der Waals surface area (Å²) in [6, 6.07) is -1.48. The Balaban J connectivity index is 4.19. The molecule has 10 nitrogen and oxygen atoms in total. The number of nitrogens with two attached hydrogens (primary N) is 1. The van der Waals surface area contributed by atoms with Crippen molar-refractivity contribution < 1.29 is 42.7 Å². The SMILES string of the molecule is CCCCC/C=C\C/C=C\C/C=C\CCCCCCCCCOCC(COP(=O)(O)OCC(N)C(=O)O)OC(=O)CCCCCCCCCCC/C=C\CCCCCCCC. The predicted molar refractivity (Wildman–Crippen MR) is 254 cm³/mol. The Morgan fingerprint density at radius 3 is 1.39 bits per heavy atom. The molecule has 61 heavy (non-hydrogen) atoms. The number of esters is 1. The summed E-state index contributed by atoms with van der Waals surface area (Å²) in [4.78, 5) is 33.7. The minimum atomic E-state index is -4.62. The molecular formula is C50H92NO9P. The van der Waals surface area contributed by atoms with Crippen LogP contribution in [0.4, 0.5) is 0 Å². The van der Waals surface area contributed by atoms with Crippen LogP contribution in [0.2, 0.25) is 0 Å². The Labute approximate surface area is 373 Å². The van der Waals surface area contributed by atoms with Gasteiger partial charge in [-0.3, -0.25) is 18.6 Å². The number of carboxylic acids is 1. The number of unbranched alkanes of at least 4 members (excludes halogenated alkanes) is 25. The van der Waals surface area contributed by atoms with Gasteiger partial charge in [-0.15, -0.1) is 0 Å². The van der Waals surface area contributed by atoms with Gasteiger partial charge in [-0.05, 0) is 77.0 Å². The van der Waals surface area contributed by atoms with Gasteiger partial charge in [-0.25, -0.2) is 4.57 Å². The third-order valence-electron chi connectivity index (χ3n) is 10.6. The molecule has 0 saturated heterocycles. The molecule has 0 aromatic rings. The Hall–Kier alpha value is -2.07. The number of ether oxygens (including phenoxy) is 2. The van der Waals surface area contributed by atoms with Crippen molar-refractivity contribution in [3.05, 3.63) is 48.6 Å². The largest absolute Gasteiger partial charge is 0.480 e. The molecule has 0 radical (unpaired) electrons. The van der Waals surface area contributed by atoms with E-state index in [0.717, 1.165) is 57.8 Å². The summed E-state index contributed by atoms with van der Waals surface area (Å²) in [6.45, 7) is 3.85. The zero-order valence-corrected chi connectivity index (χ0v) is 39.9. The van der Waals surface area contributed by atoms with Gasteiger partial charge in [-0.1, -0.05) is 184 Å². The van der Waals surface area contributed by atoms with Crippen molar-refractivity contribution in [1.82, 2.24) is 0 Å². The fraction of sp³-hybridized carbons (Fsp3) is 0.800. The van der Waals surface area contributed by atoms with Crippen LogP contribution in [0, 0.1) is 0 Å². The van der Waals surface area contributed by atoms with Gasteiger partial charge in [0.05, 0.1) is 19.8 Å². The maximum absolute atomic E-state index is 12.7. The van der Waals surface area contributed by atoms with Gasteiger partial charge in [0.15, 0.2) is 0 Å². The van der Waals surface area contributed by atoms with E-state index in [1.807, 2.05) is 0 Å². The van der Waals surface area contributed by atoms with Crippen LogP contribution >= 0.6 is 7.82 Å². The lowest BCUT2D eigenvalue weighted by molar-refractivity contribution is -0.154. The molecule has 356 valence electrons. The van der Waals surface area contributed by atoms with Crippen LogP contribution in [0.15, 0.2) is 48.6 Å². The molecule has 0 aromatic heterocycles. The minimum absolute atomic E-state index is 0.00927. The maximum Gasteiger partial charge on any atom is 0.472 e. The fourth-order valence-corrected chi connectivity index (χ4v) is 7.50. The van der Waals surface area contributed by atoms with Crippen LogP contribution < -0.4 is 5.73 Å². The maximum atomic E-state index is 12.7. The molecular weight excluding hydrogens is 790 g/mol. The molecule has 0 fully saturated rings. The van der Waals surface area contributed by atoms with E-state index in [0.29, 0.717) is 13.0 Å². The second-order valence-electron chi connectivity index (χ2n) is 16.6. The first-order valence-electron chi connectivity index (χ1n) is 24.7. The van der Waals surface area contributed by atoms with E-state index >= 15 is 0 Å². The number of carboxylic acid groups (broad SMARTS) is 1. The molecule has 4 N–H and O–H groups in total.